The Hall–Kier alpha value is -0.820. The molecular weight excluding hydrogens is 182 g/mol. The molecular formula is C14H21N. The summed E-state index contributed by atoms with van der Waals surface area (Å²) in [4.78, 5) is 2.44. The number of hydrogen-bond donors (Lipinski definition) is 0. The van der Waals surface area contributed by atoms with Gasteiger partial charge >= 0.3 is 0 Å². The van der Waals surface area contributed by atoms with Gasteiger partial charge in [0.05, 0.1) is 0 Å². The summed E-state index contributed by atoms with van der Waals surface area (Å²) in [6.07, 6.45) is 3.82. The lowest BCUT2D eigenvalue weighted by molar-refractivity contribution is 0.255. The Morgan fingerprint density at radius 1 is 1.20 bits per heavy atom. The lowest BCUT2D eigenvalue weighted by Gasteiger charge is -2.30. The molecule has 1 saturated heterocycles. The molecule has 82 valence electrons. The average molecular weight is 203 g/mol. The number of aryl methyl sites for hydroxylation is 1. The molecule has 2 rings (SSSR count). The van der Waals surface area contributed by atoms with Crippen molar-refractivity contribution in [3.05, 3.63) is 35.4 Å². The molecule has 1 fully saturated rings. The molecule has 0 unspecified atom stereocenters. The largest absolute Gasteiger partial charge is 0.306 e. The van der Waals surface area contributed by atoms with Crippen LogP contribution < -0.4 is 0 Å². The first-order valence-corrected chi connectivity index (χ1v) is 6.07. The summed E-state index contributed by atoms with van der Waals surface area (Å²) in [5.74, 6) is 0.803. The van der Waals surface area contributed by atoms with Gasteiger partial charge in [0.2, 0.25) is 0 Å². The first kappa shape index (κ1) is 10.7. The molecule has 1 nitrogen and oxygen atoms in total. The Morgan fingerprint density at radius 2 is 1.87 bits per heavy atom. The van der Waals surface area contributed by atoms with Gasteiger partial charge in [-0.1, -0.05) is 31.2 Å². The zero-order chi connectivity index (χ0) is 10.7. The van der Waals surface area contributed by atoms with E-state index in [1.165, 1.54) is 32.4 Å². The summed E-state index contributed by atoms with van der Waals surface area (Å²) >= 11 is 0. The summed E-state index contributed by atoms with van der Waals surface area (Å²) in [6.45, 7) is 4.76. The van der Waals surface area contributed by atoms with E-state index in [1.54, 1.807) is 11.1 Å². The van der Waals surface area contributed by atoms with Crippen molar-refractivity contribution in [3.63, 3.8) is 0 Å². The molecule has 1 aromatic carbocycles. The van der Waals surface area contributed by atoms with Crippen molar-refractivity contribution in [1.82, 2.24) is 4.90 Å². The van der Waals surface area contributed by atoms with E-state index >= 15 is 0 Å². The van der Waals surface area contributed by atoms with E-state index < -0.39 is 0 Å². The third kappa shape index (κ3) is 2.40. The van der Waals surface area contributed by atoms with E-state index in [-0.39, 0.29) is 0 Å². The van der Waals surface area contributed by atoms with Crippen LogP contribution in [0.15, 0.2) is 24.3 Å². The van der Waals surface area contributed by atoms with Crippen LogP contribution in [0.2, 0.25) is 0 Å². The lowest BCUT2D eigenvalue weighted by atomic mass is 9.86. The number of nitrogens with zero attached hydrogens (tertiary/aromatic N) is 1. The molecule has 0 atom stereocenters. The summed E-state index contributed by atoms with van der Waals surface area (Å²) in [6, 6.07) is 8.96. The average Bonchev–Trinajstić information content (AvgIpc) is 2.30. The topological polar surface area (TPSA) is 3.24 Å². The van der Waals surface area contributed by atoms with Gasteiger partial charge in [0.25, 0.3) is 0 Å². The fourth-order valence-electron chi connectivity index (χ4n) is 2.57. The molecule has 1 heterocycles. The van der Waals surface area contributed by atoms with Crippen LogP contribution in [0, 0.1) is 0 Å². The third-order valence-electron chi connectivity index (χ3n) is 3.59. The minimum atomic E-state index is 0.803. The summed E-state index contributed by atoms with van der Waals surface area (Å²) in [7, 11) is 2.22. The van der Waals surface area contributed by atoms with Crippen molar-refractivity contribution in [2.75, 3.05) is 20.1 Å². The van der Waals surface area contributed by atoms with Gasteiger partial charge in [-0.2, -0.15) is 0 Å². The normalized spacial score (nSPS) is 19.3. The Bertz CT molecular complexity index is 311. The maximum atomic E-state index is 2.44. The minimum Gasteiger partial charge on any atom is -0.306 e. The van der Waals surface area contributed by atoms with Crippen LogP contribution in [0.5, 0.6) is 0 Å². The molecule has 0 bridgehead atoms. The Morgan fingerprint density at radius 3 is 2.53 bits per heavy atom. The van der Waals surface area contributed by atoms with Crippen LogP contribution in [0.3, 0.4) is 0 Å². The monoisotopic (exact) mass is 203 g/mol. The molecule has 0 aromatic heterocycles. The summed E-state index contributed by atoms with van der Waals surface area (Å²) in [5, 5.41) is 0. The van der Waals surface area contributed by atoms with Crippen molar-refractivity contribution in [2.45, 2.75) is 32.1 Å². The van der Waals surface area contributed by atoms with Gasteiger partial charge in [0, 0.05) is 0 Å². The maximum Gasteiger partial charge on any atom is -0.00159 e. The first-order chi connectivity index (χ1) is 7.31. The molecule has 0 aliphatic carbocycles. The van der Waals surface area contributed by atoms with Gasteiger partial charge in [0.15, 0.2) is 0 Å². The fourth-order valence-corrected chi connectivity index (χ4v) is 2.57. The molecule has 1 heteroatoms. The van der Waals surface area contributed by atoms with Crippen LogP contribution in [0.25, 0.3) is 0 Å². The number of rotatable bonds is 2. The van der Waals surface area contributed by atoms with Crippen molar-refractivity contribution in [2.24, 2.45) is 0 Å². The maximum absolute atomic E-state index is 2.44. The van der Waals surface area contributed by atoms with Gasteiger partial charge in [-0.25, -0.2) is 0 Å². The zero-order valence-electron chi connectivity index (χ0n) is 9.87. The molecule has 1 aliphatic rings. The van der Waals surface area contributed by atoms with E-state index in [2.05, 4.69) is 43.1 Å². The van der Waals surface area contributed by atoms with E-state index in [0.717, 1.165) is 5.92 Å². The molecule has 0 spiro atoms. The van der Waals surface area contributed by atoms with E-state index in [0.29, 0.717) is 0 Å². The smallest absolute Gasteiger partial charge is 0.00159 e. The van der Waals surface area contributed by atoms with E-state index in [9.17, 15) is 0 Å². The lowest BCUT2D eigenvalue weighted by Crippen LogP contribution is -2.29. The number of likely N-dealkylation sites (tertiary alicyclic amines) is 1. The minimum absolute atomic E-state index is 0.803. The Balaban J connectivity index is 2.15. The summed E-state index contributed by atoms with van der Waals surface area (Å²) in [5.41, 5.74) is 3.15. The van der Waals surface area contributed by atoms with Crippen LogP contribution in [-0.2, 0) is 6.42 Å². The van der Waals surface area contributed by atoms with Gasteiger partial charge in [-0.05, 0) is 56.4 Å². The highest BCUT2D eigenvalue weighted by Gasteiger charge is 2.19. The second-order valence-electron chi connectivity index (χ2n) is 4.63. The fraction of sp³-hybridized carbons (Fsp3) is 0.571. The van der Waals surface area contributed by atoms with E-state index in [4.69, 9.17) is 0 Å². The number of hydrogen-bond acceptors (Lipinski definition) is 1. The standard InChI is InChI=1S/C14H21N/c1-3-12-6-4-5-7-14(12)13-8-10-15(2)11-9-13/h4-7,13H,3,8-11H2,1-2H3. The van der Waals surface area contributed by atoms with Crippen molar-refractivity contribution in [1.29, 1.82) is 0 Å². The molecule has 0 amide bonds. The van der Waals surface area contributed by atoms with Gasteiger partial charge in [-0.15, -0.1) is 0 Å². The van der Waals surface area contributed by atoms with E-state index in [1.807, 2.05) is 0 Å². The number of benzene rings is 1. The van der Waals surface area contributed by atoms with Gasteiger partial charge < -0.3 is 4.90 Å². The third-order valence-corrected chi connectivity index (χ3v) is 3.59. The van der Waals surface area contributed by atoms with Gasteiger partial charge in [-0.3, -0.25) is 0 Å². The summed E-state index contributed by atoms with van der Waals surface area (Å²) < 4.78 is 0. The molecule has 1 aliphatic heterocycles. The van der Waals surface area contributed by atoms with Crippen molar-refractivity contribution >= 4 is 0 Å². The highest BCUT2D eigenvalue weighted by Crippen LogP contribution is 2.29. The zero-order valence-corrected chi connectivity index (χ0v) is 9.87. The molecule has 0 saturated carbocycles. The Labute approximate surface area is 93.1 Å². The van der Waals surface area contributed by atoms with Gasteiger partial charge in [0.1, 0.15) is 0 Å². The van der Waals surface area contributed by atoms with Crippen LogP contribution in [0.1, 0.15) is 36.8 Å². The Kier molecular flexibility index (Phi) is 3.42. The molecule has 15 heavy (non-hydrogen) atoms. The van der Waals surface area contributed by atoms with Crippen molar-refractivity contribution < 1.29 is 0 Å². The molecule has 0 N–H and O–H groups in total. The van der Waals surface area contributed by atoms with Crippen LogP contribution in [-0.4, -0.2) is 25.0 Å². The quantitative estimate of drug-likeness (QED) is 0.714. The number of piperidine rings is 1. The SMILES string of the molecule is CCc1ccccc1C1CCN(C)CC1. The highest BCUT2D eigenvalue weighted by atomic mass is 15.1. The molecule has 1 aromatic rings. The predicted molar refractivity (Wildman–Crippen MR) is 65.3 cm³/mol. The predicted octanol–water partition coefficient (Wildman–Crippen LogP) is 3.06. The molecule has 0 radical (unpaired) electrons. The van der Waals surface area contributed by atoms with Crippen molar-refractivity contribution in [3.8, 4) is 0 Å². The highest BCUT2D eigenvalue weighted by molar-refractivity contribution is 5.30. The van der Waals surface area contributed by atoms with Crippen LogP contribution >= 0.6 is 0 Å². The van der Waals surface area contributed by atoms with Crippen LogP contribution in [0.4, 0.5) is 0 Å². The second-order valence-corrected chi connectivity index (χ2v) is 4.63. The second kappa shape index (κ2) is 4.80. The first-order valence-electron chi connectivity index (χ1n) is 6.07.